The summed E-state index contributed by atoms with van der Waals surface area (Å²) in [5.74, 6) is 0.360. The average molecular weight is 411 g/mol. The van der Waals surface area contributed by atoms with Crippen molar-refractivity contribution in [2.24, 2.45) is 5.92 Å². The minimum atomic E-state index is -0.297. The molecule has 6 heteroatoms. The van der Waals surface area contributed by atoms with Crippen LogP contribution in [0.25, 0.3) is 0 Å². The quantitative estimate of drug-likeness (QED) is 0.680. The summed E-state index contributed by atoms with van der Waals surface area (Å²) in [6.07, 6.45) is 0.758. The van der Waals surface area contributed by atoms with Gasteiger partial charge in [-0.15, -0.1) is 0 Å². The van der Waals surface area contributed by atoms with E-state index in [1.54, 1.807) is 19.1 Å². The maximum Gasteiger partial charge on any atom is 0.254 e. The van der Waals surface area contributed by atoms with Crippen LogP contribution < -0.4 is 10.1 Å². The van der Waals surface area contributed by atoms with Crippen LogP contribution in [0.5, 0.6) is 5.75 Å². The molecule has 1 aliphatic heterocycles. The smallest absolute Gasteiger partial charge is 0.254 e. The van der Waals surface area contributed by atoms with Crippen LogP contribution in [0.1, 0.15) is 33.8 Å². The summed E-state index contributed by atoms with van der Waals surface area (Å²) in [5.41, 5.74) is 2.66. The number of ether oxygens (including phenoxy) is 2. The van der Waals surface area contributed by atoms with Crippen LogP contribution in [0.2, 0.25) is 0 Å². The number of amides is 2. The first-order valence-corrected chi connectivity index (χ1v) is 10.3. The monoisotopic (exact) mass is 410 g/mol. The second-order valence-corrected chi connectivity index (χ2v) is 7.65. The Balaban J connectivity index is 1.80. The van der Waals surface area contributed by atoms with E-state index >= 15 is 0 Å². The largest absolute Gasteiger partial charge is 0.497 e. The van der Waals surface area contributed by atoms with Crippen molar-refractivity contribution in [1.82, 2.24) is 10.2 Å². The molecule has 0 aliphatic carbocycles. The lowest BCUT2D eigenvalue weighted by Crippen LogP contribution is -2.36. The molecule has 2 unspecified atom stereocenters. The molecule has 1 heterocycles. The van der Waals surface area contributed by atoms with Crippen LogP contribution >= 0.6 is 0 Å². The molecule has 160 valence electrons. The average Bonchev–Trinajstić information content (AvgIpc) is 3.22. The maximum atomic E-state index is 13.2. The second-order valence-electron chi connectivity index (χ2n) is 7.65. The molecule has 0 radical (unpaired) electrons. The lowest BCUT2D eigenvalue weighted by atomic mass is 9.88. The highest BCUT2D eigenvalue weighted by atomic mass is 16.5. The van der Waals surface area contributed by atoms with E-state index < -0.39 is 0 Å². The number of nitrogens with zero attached hydrogens (tertiary/aromatic N) is 1. The zero-order chi connectivity index (χ0) is 21.5. The van der Waals surface area contributed by atoms with Gasteiger partial charge in [0.05, 0.1) is 13.0 Å². The molecule has 2 aromatic carbocycles. The molecule has 6 nitrogen and oxygen atoms in total. The fraction of sp³-hybridized carbons (Fsp3) is 0.417. The molecule has 1 aliphatic rings. The fourth-order valence-corrected chi connectivity index (χ4v) is 3.97. The van der Waals surface area contributed by atoms with E-state index in [0.717, 1.165) is 23.3 Å². The number of hydrogen-bond donors (Lipinski definition) is 1. The van der Waals surface area contributed by atoms with Crippen LogP contribution in [0.15, 0.2) is 48.5 Å². The number of nitrogens with one attached hydrogen (secondary N) is 1. The Labute approximate surface area is 178 Å². The van der Waals surface area contributed by atoms with Crippen LogP contribution in [-0.4, -0.2) is 57.2 Å². The van der Waals surface area contributed by atoms with Gasteiger partial charge in [-0.05, 0) is 42.7 Å². The lowest BCUT2D eigenvalue weighted by Gasteiger charge is -2.18. The van der Waals surface area contributed by atoms with Gasteiger partial charge in [0.25, 0.3) is 5.91 Å². The van der Waals surface area contributed by atoms with E-state index in [4.69, 9.17) is 9.47 Å². The molecule has 3 rings (SSSR count). The first-order valence-electron chi connectivity index (χ1n) is 10.3. The van der Waals surface area contributed by atoms with E-state index in [0.29, 0.717) is 31.8 Å². The van der Waals surface area contributed by atoms with E-state index in [1.807, 2.05) is 55.5 Å². The van der Waals surface area contributed by atoms with Crippen LogP contribution in [0.3, 0.4) is 0 Å². The summed E-state index contributed by atoms with van der Waals surface area (Å²) >= 11 is 0. The maximum absolute atomic E-state index is 13.2. The van der Waals surface area contributed by atoms with Crippen molar-refractivity contribution in [2.45, 2.75) is 19.3 Å². The predicted molar refractivity (Wildman–Crippen MR) is 116 cm³/mol. The van der Waals surface area contributed by atoms with E-state index in [1.165, 1.54) is 0 Å². The molecule has 0 bridgehead atoms. The number of hydrogen-bond acceptors (Lipinski definition) is 4. The number of rotatable bonds is 8. The highest BCUT2D eigenvalue weighted by Crippen LogP contribution is 2.34. The summed E-state index contributed by atoms with van der Waals surface area (Å²) in [7, 11) is 3.27. The molecule has 0 saturated carbocycles. The van der Waals surface area contributed by atoms with Crippen molar-refractivity contribution >= 4 is 11.8 Å². The van der Waals surface area contributed by atoms with E-state index in [-0.39, 0.29) is 23.7 Å². The van der Waals surface area contributed by atoms with Crippen molar-refractivity contribution in [2.75, 3.05) is 40.5 Å². The molecule has 2 atom stereocenters. The number of aryl methyl sites for hydroxylation is 1. The Morgan fingerprint density at radius 2 is 1.80 bits per heavy atom. The lowest BCUT2D eigenvalue weighted by molar-refractivity contribution is -0.124. The number of carbonyl (C=O) groups excluding carboxylic acids is 2. The zero-order valence-corrected chi connectivity index (χ0v) is 17.9. The van der Waals surface area contributed by atoms with Gasteiger partial charge in [-0.3, -0.25) is 9.59 Å². The molecule has 0 aromatic heterocycles. The summed E-state index contributed by atoms with van der Waals surface area (Å²) in [4.78, 5) is 27.9. The molecule has 1 fully saturated rings. The Hall–Kier alpha value is -2.86. The number of likely N-dealkylation sites (tertiary alicyclic amines) is 1. The van der Waals surface area contributed by atoms with Crippen molar-refractivity contribution in [1.29, 1.82) is 0 Å². The van der Waals surface area contributed by atoms with Gasteiger partial charge in [-0.2, -0.15) is 0 Å². The van der Waals surface area contributed by atoms with Crippen LogP contribution in [-0.2, 0) is 9.53 Å². The third-order valence-electron chi connectivity index (χ3n) is 5.69. The van der Waals surface area contributed by atoms with Gasteiger partial charge >= 0.3 is 0 Å². The first kappa shape index (κ1) is 21.8. The van der Waals surface area contributed by atoms with Crippen molar-refractivity contribution in [3.63, 3.8) is 0 Å². The van der Waals surface area contributed by atoms with E-state index in [9.17, 15) is 9.59 Å². The number of benzene rings is 2. The van der Waals surface area contributed by atoms with Gasteiger partial charge in [0, 0.05) is 44.8 Å². The van der Waals surface area contributed by atoms with Gasteiger partial charge in [0.15, 0.2) is 0 Å². The number of methoxy groups -OCH3 is 2. The van der Waals surface area contributed by atoms with Gasteiger partial charge in [-0.25, -0.2) is 0 Å². The highest BCUT2D eigenvalue weighted by Gasteiger charge is 2.40. The van der Waals surface area contributed by atoms with Gasteiger partial charge < -0.3 is 19.7 Å². The molecule has 2 amide bonds. The van der Waals surface area contributed by atoms with Gasteiger partial charge in [0.1, 0.15) is 5.75 Å². The normalized spacial score (nSPS) is 18.3. The summed E-state index contributed by atoms with van der Waals surface area (Å²) < 4.78 is 10.3. The second kappa shape index (κ2) is 10.3. The molecular weight excluding hydrogens is 380 g/mol. The highest BCUT2D eigenvalue weighted by molar-refractivity contribution is 5.96. The van der Waals surface area contributed by atoms with Gasteiger partial charge in [-0.1, -0.05) is 30.3 Å². The number of carbonyl (C=O) groups is 2. The third kappa shape index (κ3) is 5.00. The fourth-order valence-electron chi connectivity index (χ4n) is 3.97. The van der Waals surface area contributed by atoms with Gasteiger partial charge in [0.2, 0.25) is 5.91 Å². The molecule has 2 aromatic rings. The summed E-state index contributed by atoms with van der Waals surface area (Å²) in [5, 5.41) is 3.01. The van der Waals surface area contributed by atoms with Crippen molar-refractivity contribution in [3.05, 3.63) is 65.2 Å². The predicted octanol–water partition coefficient (Wildman–Crippen LogP) is 3.01. The standard InChI is InChI=1S/C24H30N2O4/c1-17-7-4-5-8-20(17)24(28)26-15-21(18-9-11-19(30-3)12-10-18)22(16-26)23(27)25-13-6-14-29-2/h4-5,7-12,21-22H,6,13-16H2,1-3H3,(H,25,27). The van der Waals surface area contributed by atoms with Crippen LogP contribution in [0.4, 0.5) is 0 Å². The molecule has 0 spiro atoms. The van der Waals surface area contributed by atoms with Crippen molar-refractivity contribution < 1.29 is 19.1 Å². The van der Waals surface area contributed by atoms with Crippen LogP contribution in [0, 0.1) is 12.8 Å². The topological polar surface area (TPSA) is 67.9 Å². The zero-order valence-electron chi connectivity index (χ0n) is 17.9. The minimum Gasteiger partial charge on any atom is -0.497 e. The summed E-state index contributed by atoms with van der Waals surface area (Å²) in [6, 6.07) is 15.3. The SMILES string of the molecule is COCCCNC(=O)C1CN(C(=O)c2ccccc2C)CC1c1ccc(OC)cc1. The Bertz CT molecular complexity index is 866. The Morgan fingerprint density at radius 1 is 1.07 bits per heavy atom. The molecular formula is C24H30N2O4. The van der Waals surface area contributed by atoms with Crippen molar-refractivity contribution in [3.8, 4) is 5.75 Å². The molecule has 30 heavy (non-hydrogen) atoms. The Kier molecular flexibility index (Phi) is 7.46. The summed E-state index contributed by atoms with van der Waals surface area (Å²) in [6.45, 7) is 4.01. The minimum absolute atomic E-state index is 0.0213. The first-order chi connectivity index (χ1) is 14.5. The third-order valence-corrected chi connectivity index (χ3v) is 5.69. The molecule has 1 N–H and O–H groups in total. The van der Waals surface area contributed by atoms with E-state index in [2.05, 4.69) is 5.32 Å². The Morgan fingerprint density at radius 3 is 2.47 bits per heavy atom. The molecule has 1 saturated heterocycles.